The molecule has 1 atom stereocenters. The molecule has 0 radical (unpaired) electrons. The van der Waals surface area contributed by atoms with E-state index in [1.54, 1.807) is 18.2 Å². The van der Waals surface area contributed by atoms with Gasteiger partial charge in [0.15, 0.2) is 0 Å². The van der Waals surface area contributed by atoms with Gasteiger partial charge < -0.3 is 16.0 Å². The van der Waals surface area contributed by atoms with Crippen LogP contribution in [0.25, 0.3) is 0 Å². The van der Waals surface area contributed by atoms with Gasteiger partial charge in [0, 0.05) is 24.2 Å². The standard InChI is InChI=1S/C14H14N4O4/c15-14(22)16-8-1-2-9-7(5-8)6-18(13(9)21)10-3-4-11(19)17-12(10)20/h1-2,5,10H,3-4,6H2,(H3,15,16,22)(H,17,19,20). The number of urea groups is 1. The fourth-order valence-electron chi connectivity index (χ4n) is 2.79. The summed E-state index contributed by atoms with van der Waals surface area (Å²) in [6, 6.07) is 3.49. The van der Waals surface area contributed by atoms with Crippen LogP contribution in [0.15, 0.2) is 18.2 Å². The minimum atomic E-state index is -0.689. The van der Waals surface area contributed by atoms with Crippen molar-refractivity contribution < 1.29 is 19.2 Å². The number of nitrogens with two attached hydrogens (primary N) is 1. The van der Waals surface area contributed by atoms with Gasteiger partial charge in [0.25, 0.3) is 5.91 Å². The van der Waals surface area contributed by atoms with Gasteiger partial charge in [-0.15, -0.1) is 0 Å². The first-order chi connectivity index (χ1) is 10.5. The average molecular weight is 302 g/mol. The van der Waals surface area contributed by atoms with Crippen molar-refractivity contribution in [2.24, 2.45) is 5.73 Å². The molecule has 0 aliphatic carbocycles. The summed E-state index contributed by atoms with van der Waals surface area (Å²) in [4.78, 5) is 47.8. The van der Waals surface area contributed by atoms with Gasteiger partial charge in [0.1, 0.15) is 6.04 Å². The Morgan fingerprint density at radius 1 is 1.32 bits per heavy atom. The van der Waals surface area contributed by atoms with Crippen LogP contribution in [0.2, 0.25) is 0 Å². The molecule has 114 valence electrons. The zero-order valence-electron chi connectivity index (χ0n) is 11.6. The number of hydrogen-bond acceptors (Lipinski definition) is 4. The summed E-state index contributed by atoms with van der Waals surface area (Å²) in [5.74, 6) is -1.03. The van der Waals surface area contributed by atoms with Crippen LogP contribution in [0, 0.1) is 0 Å². The predicted molar refractivity (Wildman–Crippen MR) is 75.7 cm³/mol. The molecule has 8 heteroatoms. The number of rotatable bonds is 2. The Hall–Kier alpha value is -2.90. The zero-order chi connectivity index (χ0) is 15.9. The highest BCUT2D eigenvalue weighted by Crippen LogP contribution is 2.29. The van der Waals surface area contributed by atoms with Gasteiger partial charge in [-0.3, -0.25) is 19.7 Å². The largest absolute Gasteiger partial charge is 0.351 e. The zero-order valence-corrected chi connectivity index (χ0v) is 11.6. The highest BCUT2D eigenvalue weighted by atomic mass is 16.2. The summed E-state index contributed by atoms with van der Waals surface area (Å²) in [5, 5.41) is 4.69. The molecule has 1 aromatic rings. The quantitative estimate of drug-likeness (QED) is 0.662. The molecule has 1 fully saturated rings. The minimum absolute atomic E-state index is 0.213. The number of anilines is 1. The highest BCUT2D eigenvalue weighted by molar-refractivity contribution is 6.05. The Bertz CT molecular complexity index is 700. The Kier molecular flexibility index (Phi) is 3.28. The Morgan fingerprint density at radius 2 is 2.09 bits per heavy atom. The van der Waals surface area contributed by atoms with Crippen LogP contribution in [0.5, 0.6) is 0 Å². The smallest absolute Gasteiger partial charge is 0.316 e. The van der Waals surface area contributed by atoms with Crippen LogP contribution in [-0.4, -0.2) is 34.7 Å². The molecule has 1 unspecified atom stereocenters. The fraction of sp³-hybridized carbons (Fsp3) is 0.286. The van der Waals surface area contributed by atoms with Crippen LogP contribution < -0.4 is 16.4 Å². The number of primary amides is 1. The maximum atomic E-state index is 12.4. The maximum absolute atomic E-state index is 12.4. The van der Waals surface area contributed by atoms with E-state index in [-0.39, 0.29) is 24.8 Å². The first kappa shape index (κ1) is 14.1. The maximum Gasteiger partial charge on any atom is 0.316 e. The number of imide groups is 1. The van der Waals surface area contributed by atoms with Crippen molar-refractivity contribution >= 4 is 29.4 Å². The number of amides is 5. The molecule has 2 aliphatic rings. The highest BCUT2D eigenvalue weighted by Gasteiger charge is 2.39. The van der Waals surface area contributed by atoms with Gasteiger partial charge in [0.2, 0.25) is 11.8 Å². The number of fused-ring (bicyclic) bond motifs is 1. The summed E-state index contributed by atoms with van der Waals surface area (Å²) in [6.45, 7) is 0.259. The van der Waals surface area contributed by atoms with E-state index in [9.17, 15) is 19.2 Å². The van der Waals surface area contributed by atoms with Crippen molar-refractivity contribution in [1.29, 1.82) is 0 Å². The number of carbonyl (C=O) groups excluding carboxylic acids is 4. The molecular weight excluding hydrogens is 288 g/mol. The number of nitrogens with one attached hydrogen (secondary N) is 2. The molecule has 2 aliphatic heterocycles. The summed E-state index contributed by atoms with van der Waals surface area (Å²) in [7, 11) is 0. The van der Waals surface area contributed by atoms with E-state index in [1.165, 1.54) is 4.90 Å². The normalized spacial score (nSPS) is 20.6. The van der Waals surface area contributed by atoms with Crippen molar-refractivity contribution in [1.82, 2.24) is 10.2 Å². The van der Waals surface area contributed by atoms with Crippen LogP contribution >= 0.6 is 0 Å². The van der Waals surface area contributed by atoms with Crippen LogP contribution in [0.1, 0.15) is 28.8 Å². The molecule has 0 saturated carbocycles. The van der Waals surface area contributed by atoms with E-state index in [4.69, 9.17) is 5.73 Å². The summed E-state index contributed by atoms with van der Waals surface area (Å²) < 4.78 is 0. The first-order valence-electron chi connectivity index (χ1n) is 6.80. The van der Waals surface area contributed by atoms with Crippen molar-refractivity contribution in [2.75, 3.05) is 5.32 Å². The predicted octanol–water partition coefficient (Wildman–Crippen LogP) is -0.0618. The third kappa shape index (κ3) is 2.39. The lowest BCUT2D eigenvalue weighted by Gasteiger charge is -2.29. The van der Waals surface area contributed by atoms with E-state index in [0.29, 0.717) is 23.2 Å². The Balaban J connectivity index is 1.83. The SMILES string of the molecule is NC(=O)Nc1ccc2c(c1)CN(C1CCC(=O)NC1=O)C2=O. The topological polar surface area (TPSA) is 122 Å². The van der Waals surface area contributed by atoms with Gasteiger partial charge in [-0.1, -0.05) is 0 Å². The number of nitrogens with zero attached hydrogens (tertiary/aromatic N) is 1. The van der Waals surface area contributed by atoms with Crippen molar-refractivity contribution in [3.05, 3.63) is 29.3 Å². The van der Waals surface area contributed by atoms with E-state index in [2.05, 4.69) is 10.6 Å². The molecule has 0 bridgehead atoms. The minimum Gasteiger partial charge on any atom is -0.351 e. The third-order valence-electron chi connectivity index (χ3n) is 3.79. The molecule has 0 aromatic heterocycles. The molecule has 0 spiro atoms. The second kappa shape index (κ2) is 5.14. The Morgan fingerprint density at radius 3 is 2.77 bits per heavy atom. The van der Waals surface area contributed by atoms with Gasteiger partial charge in [-0.2, -0.15) is 0 Å². The molecule has 2 heterocycles. The second-order valence-electron chi connectivity index (χ2n) is 5.26. The monoisotopic (exact) mass is 302 g/mol. The average Bonchev–Trinajstić information content (AvgIpc) is 2.75. The summed E-state index contributed by atoms with van der Waals surface area (Å²) >= 11 is 0. The van der Waals surface area contributed by atoms with E-state index in [0.717, 1.165) is 0 Å². The lowest BCUT2D eigenvalue weighted by molar-refractivity contribution is -0.136. The second-order valence-corrected chi connectivity index (χ2v) is 5.26. The van der Waals surface area contributed by atoms with Crippen molar-refractivity contribution in [3.63, 3.8) is 0 Å². The van der Waals surface area contributed by atoms with E-state index < -0.39 is 18.0 Å². The number of piperidine rings is 1. The molecule has 4 N–H and O–H groups in total. The lowest BCUT2D eigenvalue weighted by atomic mass is 10.0. The molecule has 8 nitrogen and oxygen atoms in total. The summed E-state index contributed by atoms with van der Waals surface area (Å²) in [5.41, 5.74) is 6.75. The lowest BCUT2D eigenvalue weighted by Crippen LogP contribution is -2.52. The first-order valence-corrected chi connectivity index (χ1v) is 6.80. The third-order valence-corrected chi connectivity index (χ3v) is 3.79. The molecule has 1 aromatic carbocycles. The van der Waals surface area contributed by atoms with Crippen LogP contribution in [-0.2, 0) is 16.1 Å². The van der Waals surface area contributed by atoms with Gasteiger partial charge in [-0.25, -0.2) is 4.79 Å². The van der Waals surface area contributed by atoms with E-state index >= 15 is 0 Å². The molecular formula is C14H14N4O4. The van der Waals surface area contributed by atoms with E-state index in [1.807, 2.05) is 0 Å². The molecule has 3 rings (SSSR count). The molecule has 5 amide bonds. The molecule has 1 saturated heterocycles. The number of carbonyl (C=O) groups is 4. The number of hydrogen-bond donors (Lipinski definition) is 3. The van der Waals surface area contributed by atoms with Gasteiger partial charge in [-0.05, 0) is 30.2 Å². The van der Waals surface area contributed by atoms with Crippen molar-refractivity contribution in [2.45, 2.75) is 25.4 Å². The summed E-state index contributed by atoms with van der Waals surface area (Å²) in [6.07, 6.45) is 0.530. The van der Waals surface area contributed by atoms with Crippen molar-refractivity contribution in [3.8, 4) is 0 Å². The van der Waals surface area contributed by atoms with Gasteiger partial charge in [0.05, 0.1) is 0 Å². The van der Waals surface area contributed by atoms with Crippen LogP contribution in [0.4, 0.5) is 10.5 Å². The molecule has 22 heavy (non-hydrogen) atoms. The Labute approximate surface area is 125 Å². The number of benzene rings is 1. The fourth-order valence-corrected chi connectivity index (χ4v) is 2.79. The van der Waals surface area contributed by atoms with Gasteiger partial charge >= 0.3 is 6.03 Å². The van der Waals surface area contributed by atoms with Crippen LogP contribution in [0.3, 0.4) is 0 Å².